The highest BCUT2D eigenvalue weighted by molar-refractivity contribution is 7.17. The van der Waals surface area contributed by atoms with Crippen molar-refractivity contribution in [2.45, 2.75) is 20.5 Å². The van der Waals surface area contributed by atoms with Crippen LogP contribution in [0.2, 0.25) is 5.02 Å². The van der Waals surface area contributed by atoms with Crippen molar-refractivity contribution in [3.63, 3.8) is 0 Å². The molecule has 1 N–H and O–H groups in total. The van der Waals surface area contributed by atoms with Crippen molar-refractivity contribution >= 4 is 51.2 Å². The van der Waals surface area contributed by atoms with Crippen LogP contribution >= 0.6 is 34.3 Å². The number of benzene rings is 1. The van der Waals surface area contributed by atoms with E-state index >= 15 is 0 Å². The van der Waals surface area contributed by atoms with Crippen molar-refractivity contribution in [2.24, 2.45) is 0 Å². The van der Waals surface area contributed by atoms with Crippen molar-refractivity contribution in [1.82, 2.24) is 0 Å². The van der Waals surface area contributed by atoms with Crippen LogP contribution < -0.4 is 10.1 Å². The summed E-state index contributed by atoms with van der Waals surface area (Å²) in [7, 11) is 1.31. The molecule has 28 heavy (non-hydrogen) atoms. The first-order chi connectivity index (χ1) is 13.4. The summed E-state index contributed by atoms with van der Waals surface area (Å²) in [6.07, 6.45) is 0. The first-order valence-electron chi connectivity index (χ1n) is 8.34. The van der Waals surface area contributed by atoms with Gasteiger partial charge in [0.2, 0.25) is 0 Å². The maximum atomic E-state index is 12.6. The highest BCUT2D eigenvalue weighted by Gasteiger charge is 2.19. The van der Waals surface area contributed by atoms with Crippen molar-refractivity contribution in [3.8, 4) is 5.75 Å². The van der Waals surface area contributed by atoms with E-state index in [1.54, 1.807) is 18.2 Å². The molecular weight excluding hydrogens is 418 g/mol. The highest BCUT2D eigenvalue weighted by Crippen LogP contribution is 2.29. The van der Waals surface area contributed by atoms with Crippen LogP contribution in [0, 0.1) is 13.8 Å². The van der Waals surface area contributed by atoms with Crippen LogP contribution in [0.4, 0.5) is 5.00 Å². The molecule has 0 saturated heterocycles. The van der Waals surface area contributed by atoms with Gasteiger partial charge in [-0.25, -0.2) is 4.79 Å². The number of rotatable bonds is 6. The summed E-state index contributed by atoms with van der Waals surface area (Å²) >= 11 is 8.67. The maximum Gasteiger partial charge on any atom is 0.340 e. The lowest BCUT2D eigenvalue weighted by atomic mass is 10.2. The lowest BCUT2D eigenvalue weighted by molar-refractivity contribution is 0.0602. The SMILES string of the molecule is COC(=O)c1cc(C)sc1NC(=O)c1cc(COc2ccc(Cl)c(C)c2)cs1. The van der Waals surface area contributed by atoms with Gasteiger partial charge in [0.1, 0.15) is 17.4 Å². The summed E-state index contributed by atoms with van der Waals surface area (Å²) < 4.78 is 10.5. The number of hydrogen-bond donors (Lipinski definition) is 1. The molecule has 3 aromatic rings. The second-order valence-electron chi connectivity index (χ2n) is 6.06. The number of methoxy groups -OCH3 is 1. The fourth-order valence-electron chi connectivity index (χ4n) is 2.48. The molecule has 0 atom stereocenters. The minimum Gasteiger partial charge on any atom is -0.489 e. The van der Waals surface area contributed by atoms with E-state index in [1.165, 1.54) is 29.8 Å². The molecule has 1 aromatic carbocycles. The van der Waals surface area contributed by atoms with Gasteiger partial charge in [0.05, 0.1) is 17.6 Å². The fraction of sp³-hybridized carbons (Fsp3) is 0.200. The second kappa shape index (κ2) is 8.77. The van der Waals surface area contributed by atoms with Gasteiger partial charge in [-0.05, 0) is 55.1 Å². The Morgan fingerprint density at radius 3 is 2.68 bits per heavy atom. The molecule has 0 aliphatic carbocycles. The predicted molar refractivity (Wildman–Crippen MR) is 113 cm³/mol. The largest absolute Gasteiger partial charge is 0.489 e. The number of nitrogens with one attached hydrogen (secondary N) is 1. The molecule has 0 radical (unpaired) electrons. The second-order valence-corrected chi connectivity index (χ2v) is 8.64. The first-order valence-corrected chi connectivity index (χ1v) is 10.4. The molecular formula is C20H18ClNO4S2. The number of halogens is 1. The summed E-state index contributed by atoms with van der Waals surface area (Å²) in [5.74, 6) is -0.0281. The third-order valence-electron chi connectivity index (χ3n) is 3.90. The van der Waals surface area contributed by atoms with Crippen LogP contribution in [0.15, 0.2) is 35.7 Å². The lowest BCUT2D eigenvalue weighted by Crippen LogP contribution is -2.12. The van der Waals surface area contributed by atoms with Crippen LogP contribution in [0.3, 0.4) is 0 Å². The van der Waals surface area contributed by atoms with Gasteiger partial charge in [-0.2, -0.15) is 0 Å². The monoisotopic (exact) mass is 435 g/mol. The van der Waals surface area contributed by atoms with Gasteiger partial charge >= 0.3 is 5.97 Å². The van der Waals surface area contributed by atoms with E-state index in [2.05, 4.69) is 5.32 Å². The van der Waals surface area contributed by atoms with Crippen LogP contribution in [0.1, 0.15) is 36.0 Å². The van der Waals surface area contributed by atoms with Gasteiger partial charge in [-0.3, -0.25) is 4.79 Å². The van der Waals surface area contributed by atoms with E-state index in [0.717, 1.165) is 21.8 Å². The Labute approximate surface area is 175 Å². The third-order valence-corrected chi connectivity index (χ3v) is 6.27. The molecule has 3 rings (SSSR count). The Kier molecular flexibility index (Phi) is 6.39. The quantitative estimate of drug-likeness (QED) is 0.504. The summed E-state index contributed by atoms with van der Waals surface area (Å²) in [4.78, 5) is 25.8. The van der Waals surface area contributed by atoms with E-state index in [1.807, 2.05) is 31.4 Å². The molecule has 5 nitrogen and oxygen atoms in total. The topological polar surface area (TPSA) is 64.6 Å². The zero-order valence-corrected chi connectivity index (χ0v) is 17.9. The van der Waals surface area contributed by atoms with Crippen LogP contribution in [0.25, 0.3) is 0 Å². The first kappa shape index (κ1) is 20.4. The van der Waals surface area contributed by atoms with Crippen molar-refractivity contribution in [3.05, 3.63) is 67.2 Å². The number of hydrogen-bond acceptors (Lipinski definition) is 6. The fourth-order valence-corrected chi connectivity index (χ4v) is 4.28. The molecule has 0 aliphatic rings. The van der Waals surface area contributed by atoms with Gasteiger partial charge in [0.15, 0.2) is 0 Å². The molecule has 1 amide bonds. The zero-order chi connectivity index (χ0) is 20.3. The molecule has 0 unspecified atom stereocenters. The van der Waals surface area contributed by atoms with Crippen LogP contribution in [-0.2, 0) is 11.3 Å². The number of ether oxygens (including phenoxy) is 2. The number of esters is 1. The Hall–Kier alpha value is -2.35. The van der Waals surface area contributed by atoms with Crippen molar-refractivity contribution < 1.29 is 19.1 Å². The molecule has 2 aromatic heterocycles. The van der Waals surface area contributed by atoms with Gasteiger partial charge in [-0.15, -0.1) is 22.7 Å². The summed E-state index contributed by atoms with van der Waals surface area (Å²) in [6, 6.07) is 8.95. The normalized spacial score (nSPS) is 10.6. The molecule has 0 bridgehead atoms. The van der Waals surface area contributed by atoms with Gasteiger partial charge in [-0.1, -0.05) is 11.6 Å². The van der Waals surface area contributed by atoms with Crippen LogP contribution in [0.5, 0.6) is 5.75 Å². The molecule has 0 fully saturated rings. The number of aryl methyl sites for hydroxylation is 2. The minimum atomic E-state index is -0.474. The maximum absolute atomic E-state index is 12.6. The minimum absolute atomic E-state index is 0.273. The molecule has 0 aliphatic heterocycles. The van der Waals surface area contributed by atoms with Gasteiger partial charge in [0.25, 0.3) is 5.91 Å². The van der Waals surface area contributed by atoms with Crippen molar-refractivity contribution in [2.75, 3.05) is 12.4 Å². The number of thiophene rings is 2. The Bertz CT molecular complexity index is 1030. The van der Waals surface area contributed by atoms with Gasteiger partial charge in [0, 0.05) is 15.5 Å². The number of amides is 1. The van der Waals surface area contributed by atoms with Crippen molar-refractivity contribution in [1.29, 1.82) is 0 Å². The Morgan fingerprint density at radius 1 is 1.18 bits per heavy atom. The van der Waals surface area contributed by atoms with E-state index in [0.29, 0.717) is 27.1 Å². The smallest absolute Gasteiger partial charge is 0.340 e. The predicted octanol–water partition coefficient (Wildman–Crippen LogP) is 5.70. The van der Waals surface area contributed by atoms with E-state index in [9.17, 15) is 9.59 Å². The Morgan fingerprint density at radius 2 is 1.96 bits per heavy atom. The average Bonchev–Trinajstić information content (AvgIpc) is 3.28. The average molecular weight is 436 g/mol. The summed E-state index contributed by atoms with van der Waals surface area (Å²) in [6.45, 7) is 4.12. The standard InChI is InChI=1S/C20H18ClNO4S2/c1-11-6-14(4-5-16(11)21)26-9-13-8-17(27-10-13)18(23)22-19-15(20(24)25-3)7-12(2)28-19/h4-8,10H,9H2,1-3H3,(H,22,23). The van der Waals surface area contributed by atoms with E-state index in [4.69, 9.17) is 21.1 Å². The Balaban J connectivity index is 1.66. The number of carbonyl (C=O) groups is 2. The van der Waals surface area contributed by atoms with E-state index < -0.39 is 5.97 Å². The lowest BCUT2D eigenvalue weighted by Gasteiger charge is -2.06. The van der Waals surface area contributed by atoms with Crippen LogP contribution in [-0.4, -0.2) is 19.0 Å². The van der Waals surface area contributed by atoms with Gasteiger partial charge < -0.3 is 14.8 Å². The number of anilines is 1. The zero-order valence-electron chi connectivity index (χ0n) is 15.5. The molecule has 0 saturated carbocycles. The molecule has 8 heteroatoms. The third kappa shape index (κ3) is 4.73. The number of carbonyl (C=O) groups excluding carboxylic acids is 2. The molecule has 2 heterocycles. The molecule has 0 spiro atoms. The summed E-state index contributed by atoms with van der Waals surface area (Å²) in [5, 5.41) is 5.85. The highest BCUT2D eigenvalue weighted by atomic mass is 35.5. The van der Waals surface area contributed by atoms with E-state index in [-0.39, 0.29) is 5.91 Å². The molecule has 146 valence electrons. The summed E-state index contributed by atoms with van der Waals surface area (Å²) in [5.41, 5.74) is 2.19.